The lowest BCUT2D eigenvalue weighted by Crippen LogP contribution is -2.42. The van der Waals surface area contributed by atoms with Crippen molar-refractivity contribution in [1.29, 1.82) is 0 Å². The maximum atomic E-state index is 11.9. The van der Waals surface area contributed by atoms with Gasteiger partial charge >= 0.3 is 5.97 Å². The molecule has 0 bridgehead atoms. The number of carboxylic acids is 1. The van der Waals surface area contributed by atoms with Crippen LogP contribution in [-0.4, -0.2) is 38.2 Å². The van der Waals surface area contributed by atoms with Gasteiger partial charge in [-0.3, -0.25) is 14.3 Å². The number of likely N-dealkylation sites (tertiary alicyclic amines) is 1. The van der Waals surface area contributed by atoms with Crippen LogP contribution in [0.1, 0.15) is 31.2 Å². The topological polar surface area (TPSA) is 75.4 Å². The number of carboxylic acid groups (broad SMARTS) is 1. The molecule has 1 N–H and O–H groups in total. The van der Waals surface area contributed by atoms with E-state index in [1.807, 2.05) is 24.6 Å². The van der Waals surface area contributed by atoms with Crippen molar-refractivity contribution in [3.05, 3.63) is 17.5 Å². The Morgan fingerprint density at radius 1 is 1.58 bits per heavy atom. The van der Waals surface area contributed by atoms with Crippen LogP contribution in [0.25, 0.3) is 0 Å². The molecule has 1 fully saturated rings. The Labute approximate surface area is 112 Å². The maximum absolute atomic E-state index is 11.9. The minimum atomic E-state index is -0.822. The van der Waals surface area contributed by atoms with Gasteiger partial charge in [-0.1, -0.05) is 0 Å². The second-order valence-electron chi connectivity index (χ2n) is 4.94. The van der Waals surface area contributed by atoms with Gasteiger partial charge in [-0.2, -0.15) is 5.10 Å². The monoisotopic (exact) mass is 265 g/mol. The van der Waals surface area contributed by atoms with E-state index in [0.29, 0.717) is 25.9 Å². The number of aryl methyl sites for hydroxylation is 2. The van der Waals surface area contributed by atoms with Crippen molar-refractivity contribution in [1.82, 2.24) is 14.7 Å². The highest BCUT2D eigenvalue weighted by molar-refractivity contribution is 5.80. The van der Waals surface area contributed by atoms with Gasteiger partial charge in [0.1, 0.15) is 0 Å². The van der Waals surface area contributed by atoms with Crippen molar-refractivity contribution >= 4 is 11.9 Å². The molecule has 0 aliphatic carbocycles. The van der Waals surface area contributed by atoms with Gasteiger partial charge in [0.15, 0.2) is 0 Å². The minimum Gasteiger partial charge on any atom is -0.481 e. The quantitative estimate of drug-likeness (QED) is 0.882. The van der Waals surface area contributed by atoms with Crippen molar-refractivity contribution in [2.24, 2.45) is 5.92 Å². The summed E-state index contributed by atoms with van der Waals surface area (Å²) < 4.78 is 1.85. The summed E-state index contributed by atoms with van der Waals surface area (Å²) in [5.74, 6) is -1.24. The molecule has 1 atom stereocenters. The van der Waals surface area contributed by atoms with Gasteiger partial charge in [-0.25, -0.2) is 0 Å². The Morgan fingerprint density at radius 2 is 2.32 bits per heavy atom. The summed E-state index contributed by atoms with van der Waals surface area (Å²) in [6.45, 7) is 5.38. The third kappa shape index (κ3) is 2.94. The van der Waals surface area contributed by atoms with E-state index in [2.05, 4.69) is 5.10 Å². The van der Waals surface area contributed by atoms with Crippen LogP contribution in [0.4, 0.5) is 0 Å². The Hall–Kier alpha value is -1.85. The summed E-state index contributed by atoms with van der Waals surface area (Å²) in [6.07, 6.45) is 0.757. The average Bonchev–Trinajstić information content (AvgIpc) is 2.72. The number of hydrogen-bond acceptors (Lipinski definition) is 3. The van der Waals surface area contributed by atoms with Crippen LogP contribution < -0.4 is 0 Å². The molecular formula is C13H19N3O3. The van der Waals surface area contributed by atoms with E-state index >= 15 is 0 Å². The van der Waals surface area contributed by atoms with E-state index in [9.17, 15) is 9.59 Å². The zero-order valence-electron chi connectivity index (χ0n) is 11.3. The molecule has 0 aromatic carbocycles. The Bertz CT molecular complexity index is 495. The molecule has 2 heterocycles. The molecule has 104 valence electrons. The van der Waals surface area contributed by atoms with Crippen LogP contribution >= 0.6 is 0 Å². The van der Waals surface area contributed by atoms with Gasteiger partial charge in [0.25, 0.3) is 0 Å². The van der Waals surface area contributed by atoms with Gasteiger partial charge in [0, 0.05) is 19.5 Å². The molecule has 1 aromatic rings. The fourth-order valence-corrected chi connectivity index (χ4v) is 2.46. The number of amides is 1. The average molecular weight is 265 g/mol. The second kappa shape index (κ2) is 5.42. The summed E-state index contributed by atoms with van der Waals surface area (Å²) in [5.41, 5.74) is 1.87. The molecular weight excluding hydrogens is 246 g/mol. The number of carbonyl (C=O) groups excluding carboxylic acids is 1. The van der Waals surface area contributed by atoms with Gasteiger partial charge in [-0.05, 0) is 26.3 Å². The predicted octanol–water partition coefficient (Wildman–Crippen LogP) is 1.03. The normalized spacial score (nSPS) is 19.8. The molecule has 1 aliphatic heterocycles. The third-order valence-corrected chi connectivity index (χ3v) is 3.49. The van der Waals surface area contributed by atoms with Crippen molar-refractivity contribution in [3.63, 3.8) is 0 Å². The van der Waals surface area contributed by atoms with E-state index in [1.54, 1.807) is 4.90 Å². The first-order valence-corrected chi connectivity index (χ1v) is 6.55. The molecule has 0 spiro atoms. The van der Waals surface area contributed by atoms with E-state index in [0.717, 1.165) is 17.9 Å². The fraction of sp³-hybridized carbons (Fsp3) is 0.615. The van der Waals surface area contributed by atoms with Gasteiger partial charge < -0.3 is 10.0 Å². The summed E-state index contributed by atoms with van der Waals surface area (Å²) in [6, 6.07) is 1.95. The standard InChI is InChI=1S/C13H19N3O3/c1-3-16-11(6-9(2)14-16)8-15-7-10(13(18)19)4-5-12(15)17/h6,10H,3-5,7-8H2,1-2H3,(H,18,19). The summed E-state index contributed by atoms with van der Waals surface area (Å²) in [5, 5.41) is 13.4. The number of aromatic nitrogens is 2. The van der Waals surface area contributed by atoms with Gasteiger partial charge in [0.05, 0.1) is 23.9 Å². The molecule has 2 rings (SSSR count). The third-order valence-electron chi connectivity index (χ3n) is 3.49. The minimum absolute atomic E-state index is 0.0269. The van der Waals surface area contributed by atoms with Gasteiger partial charge in [-0.15, -0.1) is 0 Å². The summed E-state index contributed by atoms with van der Waals surface area (Å²) in [7, 11) is 0. The van der Waals surface area contributed by atoms with E-state index in [-0.39, 0.29) is 5.91 Å². The number of carbonyl (C=O) groups is 2. The number of nitrogens with zero attached hydrogens (tertiary/aromatic N) is 3. The first kappa shape index (κ1) is 13.6. The molecule has 1 saturated heterocycles. The molecule has 0 radical (unpaired) electrons. The van der Waals surface area contributed by atoms with Crippen LogP contribution in [-0.2, 0) is 22.7 Å². The summed E-state index contributed by atoms with van der Waals surface area (Å²) in [4.78, 5) is 24.5. The van der Waals surface area contributed by atoms with E-state index < -0.39 is 11.9 Å². The SMILES string of the molecule is CCn1nc(C)cc1CN1CC(C(=O)O)CCC1=O. The predicted molar refractivity (Wildman–Crippen MR) is 68.4 cm³/mol. The lowest BCUT2D eigenvalue weighted by atomic mass is 9.97. The first-order chi connectivity index (χ1) is 9.01. The Morgan fingerprint density at radius 3 is 2.95 bits per heavy atom. The van der Waals surface area contributed by atoms with E-state index in [4.69, 9.17) is 5.11 Å². The number of hydrogen-bond donors (Lipinski definition) is 1. The fourth-order valence-electron chi connectivity index (χ4n) is 2.46. The summed E-state index contributed by atoms with van der Waals surface area (Å²) >= 11 is 0. The van der Waals surface area contributed by atoms with Crippen LogP contribution in [0.2, 0.25) is 0 Å². The number of piperidine rings is 1. The molecule has 1 aromatic heterocycles. The molecule has 6 heteroatoms. The second-order valence-corrected chi connectivity index (χ2v) is 4.94. The van der Waals surface area contributed by atoms with Crippen LogP contribution in [0.15, 0.2) is 6.07 Å². The lowest BCUT2D eigenvalue weighted by Gasteiger charge is -2.30. The van der Waals surface area contributed by atoms with Crippen molar-refractivity contribution in [2.45, 2.75) is 39.8 Å². The van der Waals surface area contributed by atoms with Crippen LogP contribution in [0, 0.1) is 12.8 Å². The number of aliphatic carboxylic acids is 1. The van der Waals surface area contributed by atoms with Crippen molar-refractivity contribution in [2.75, 3.05) is 6.54 Å². The zero-order chi connectivity index (χ0) is 14.0. The highest BCUT2D eigenvalue weighted by atomic mass is 16.4. The Balaban J connectivity index is 2.11. The largest absolute Gasteiger partial charge is 0.481 e. The smallest absolute Gasteiger partial charge is 0.308 e. The molecule has 1 unspecified atom stereocenters. The molecule has 6 nitrogen and oxygen atoms in total. The first-order valence-electron chi connectivity index (χ1n) is 6.55. The lowest BCUT2D eigenvalue weighted by molar-refractivity contribution is -0.147. The van der Waals surface area contributed by atoms with E-state index in [1.165, 1.54) is 0 Å². The van der Waals surface area contributed by atoms with Crippen LogP contribution in [0.3, 0.4) is 0 Å². The Kier molecular flexibility index (Phi) is 3.87. The van der Waals surface area contributed by atoms with Gasteiger partial charge in [0.2, 0.25) is 5.91 Å². The molecule has 19 heavy (non-hydrogen) atoms. The highest BCUT2D eigenvalue weighted by Gasteiger charge is 2.30. The highest BCUT2D eigenvalue weighted by Crippen LogP contribution is 2.20. The maximum Gasteiger partial charge on any atom is 0.308 e. The van der Waals surface area contributed by atoms with Crippen molar-refractivity contribution < 1.29 is 14.7 Å². The molecule has 1 aliphatic rings. The molecule has 0 saturated carbocycles. The molecule has 1 amide bonds. The zero-order valence-corrected chi connectivity index (χ0v) is 11.3. The number of rotatable bonds is 4. The van der Waals surface area contributed by atoms with Crippen molar-refractivity contribution in [3.8, 4) is 0 Å². The van der Waals surface area contributed by atoms with Crippen LogP contribution in [0.5, 0.6) is 0 Å².